The Labute approximate surface area is 119 Å². The number of aliphatic hydroxyl groups is 1. The summed E-state index contributed by atoms with van der Waals surface area (Å²) < 4.78 is 22.0. The van der Waals surface area contributed by atoms with E-state index < -0.39 is 7.67 Å². The van der Waals surface area contributed by atoms with Crippen molar-refractivity contribution in [3.05, 3.63) is 0 Å². The molecule has 0 spiro atoms. The van der Waals surface area contributed by atoms with Crippen molar-refractivity contribution < 1.29 is 14.2 Å². The van der Waals surface area contributed by atoms with E-state index in [0.717, 1.165) is 13.1 Å². The van der Waals surface area contributed by atoms with Crippen molar-refractivity contribution in [1.82, 2.24) is 9.34 Å². The highest BCUT2D eigenvalue weighted by molar-refractivity contribution is 7.54. The lowest BCUT2D eigenvalue weighted by Gasteiger charge is -2.31. The summed E-state index contributed by atoms with van der Waals surface area (Å²) in [6, 6.07) is 0. The molecule has 0 radical (unpaired) electrons. The van der Waals surface area contributed by atoms with E-state index in [0.29, 0.717) is 24.8 Å². The van der Waals surface area contributed by atoms with Crippen molar-refractivity contribution in [3.63, 3.8) is 0 Å². The Morgan fingerprint density at radius 2 is 1.94 bits per heavy atom. The molecule has 0 saturated carbocycles. The number of aliphatic hydroxyl groups excluding tert-OH is 1. The van der Waals surface area contributed by atoms with Gasteiger partial charge in [0.1, 0.15) is 0 Å². The van der Waals surface area contributed by atoms with Crippen LogP contribution in [-0.4, -0.2) is 65.6 Å². The Kier molecular flexibility index (Phi) is 7.47. The van der Waals surface area contributed by atoms with Crippen molar-refractivity contribution in [2.45, 2.75) is 6.92 Å². The third kappa shape index (κ3) is 4.64. The molecule has 0 amide bonds. The van der Waals surface area contributed by atoms with Crippen LogP contribution >= 0.6 is 30.9 Å². The van der Waals surface area contributed by atoms with Gasteiger partial charge in [0.15, 0.2) is 0 Å². The van der Waals surface area contributed by atoms with Crippen molar-refractivity contribution in [2.75, 3.05) is 51.2 Å². The highest BCUT2D eigenvalue weighted by atomic mass is 35.5. The van der Waals surface area contributed by atoms with Gasteiger partial charge in [-0.25, -0.2) is 9.34 Å². The first-order valence-corrected chi connectivity index (χ1v) is 8.66. The molecule has 0 bridgehead atoms. The Morgan fingerprint density at radius 1 is 1.39 bits per heavy atom. The number of alkyl halides is 2. The number of nitrogens with zero attached hydrogens (tertiary/aromatic N) is 2. The van der Waals surface area contributed by atoms with E-state index in [2.05, 4.69) is 0 Å². The predicted octanol–water partition coefficient (Wildman–Crippen LogP) is 1.83. The molecule has 0 aliphatic carbocycles. The normalized spacial score (nSPS) is 20.9. The molecule has 1 saturated heterocycles. The molecule has 2 atom stereocenters. The van der Waals surface area contributed by atoms with Gasteiger partial charge in [-0.05, 0) is 0 Å². The summed E-state index contributed by atoms with van der Waals surface area (Å²) in [5.41, 5.74) is 0. The maximum Gasteiger partial charge on any atom is 0.346 e. The first kappa shape index (κ1) is 16.7. The second-order valence-electron chi connectivity index (χ2n) is 4.36. The smallest absolute Gasteiger partial charge is 0.346 e. The monoisotopic (exact) mass is 318 g/mol. The van der Waals surface area contributed by atoms with E-state index in [9.17, 15) is 4.57 Å². The summed E-state index contributed by atoms with van der Waals surface area (Å²) in [7, 11) is -3.00. The van der Waals surface area contributed by atoms with Crippen LogP contribution in [0.3, 0.4) is 0 Å². The molecule has 0 aromatic carbocycles. The first-order valence-electron chi connectivity index (χ1n) is 6.06. The van der Waals surface area contributed by atoms with Crippen LogP contribution in [0.2, 0.25) is 0 Å². The summed E-state index contributed by atoms with van der Waals surface area (Å²) in [4.78, 5) is 0. The van der Waals surface area contributed by atoms with Gasteiger partial charge in [-0.2, -0.15) is 0 Å². The van der Waals surface area contributed by atoms with Gasteiger partial charge in [-0.3, -0.25) is 4.57 Å². The summed E-state index contributed by atoms with van der Waals surface area (Å²) >= 11 is 11.5. The second-order valence-corrected chi connectivity index (χ2v) is 7.49. The Bertz CT molecular complexity index is 286. The fraction of sp³-hybridized carbons (Fsp3) is 1.00. The average molecular weight is 319 g/mol. The zero-order valence-electron chi connectivity index (χ0n) is 10.6. The number of rotatable bonds is 10. The zero-order chi connectivity index (χ0) is 13.6. The van der Waals surface area contributed by atoms with Crippen LogP contribution < -0.4 is 0 Å². The van der Waals surface area contributed by atoms with E-state index in [1.165, 1.54) is 0 Å². The minimum atomic E-state index is -3.00. The van der Waals surface area contributed by atoms with Crippen molar-refractivity contribution in [3.8, 4) is 0 Å². The Hall–Kier alpha value is 0.650. The molecular weight excluding hydrogens is 298 g/mol. The van der Waals surface area contributed by atoms with E-state index in [-0.39, 0.29) is 19.1 Å². The summed E-state index contributed by atoms with van der Waals surface area (Å²) in [5.74, 6) is 0.730. The van der Waals surface area contributed by atoms with Crippen molar-refractivity contribution in [1.29, 1.82) is 0 Å². The van der Waals surface area contributed by atoms with Gasteiger partial charge in [0.2, 0.25) is 0 Å². The van der Waals surface area contributed by atoms with Gasteiger partial charge in [0.05, 0.1) is 6.61 Å². The molecule has 1 N–H and O–H groups in total. The highest BCUT2D eigenvalue weighted by Gasteiger charge is 2.44. The third-order valence-electron chi connectivity index (χ3n) is 2.66. The molecule has 1 fully saturated rings. The number of hydrogen-bond acceptors (Lipinski definition) is 3. The number of halogens is 2. The largest absolute Gasteiger partial charge is 0.396 e. The molecule has 1 heterocycles. The van der Waals surface area contributed by atoms with Crippen LogP contribution in [-0.2, 0) is 9.09 Å². The van der Waals surface area contributed by atoms with Crippen LogP contribution in [0.4, 0.5) is 0 Å². The summed E-state index contributed by atoms with van der Waals surface area (Å²) in [6.07, 6.45) is 0. The lowest BCUT2D eigenvalue weighted by molar-refractivity contribution is 0.158. The summed E-state index contributed by atoms with van der Waals surface area (Å²) in [5, 5.41) is 8.99. The average Bonchev–Trinajstić information content (AvgIpc) is 3.19. The molecule has 8 heteroatoms. The minimum absolute atomic E-state index is 0.0189. The molecule has 0 aromatic heterocycles. The topological polar surface area (TPSA) is 52.8 Å². The maximum atomic E-state index is 12.9. The van der Waals surface area contributed by atoms with Crippen LogP contribution in [0.25, 0.3) is 0 Å². The third-order valence-corrected chi connectivity index (χ3v) is 5.72. The molecule has 0 aromatic rings. The van der Waals surface area contributed by atoms with Gasteiger partial charge in [0.25, 0.3) is 0 Å². The molecular formula is C10H21Cl2N2O3P. The van der Waals surface area contributed by atoms with Crippen molar-refractivity contribution in [2.24, 2.45) is 5.92 Å². The lowest BCUT2D eigenvalue weighted by Crippen LogP contribution is -2.30. The zero-order valence-corrected chi connectivity index (χ0v) is 13.0. The van der Waals surface area contributed by atoms with Gasteiger partial charge >= 0.3 is 7.67 Å². The van der Waals surface area contributed by atoms with E-state index >= 15 is 0 Å². The maximum absolute atomic E-state index is 12.9. The van der Waals surface area contributed by atoms with Crippen LogP contribution in [0.15, 0.2) is 0 Å². The standard InChI is InChI=1S/C10H21Cl2N2O3P/c1-10(8-15)9-17-18(16,14-6-7-14)13(4-2-11)5-3-12/h10,15H,2-9H2,1H3/t10-,18+/m1/s1. The van der Waals surface area contributed by atoms with E-state index in [1.54, 1.807) is 9.34 Å². The fourth-order valence-electron chi connectivity index (χ4n) is 1.48. The number of hydrogen-bond donors (Lipinski definition) is 1. The van der Waals surface area contributed by atoms with Crippen LogP contribution in [0.1, 0.15) is 6.92 Å². The molecule has 1 aliphatic rings. The van der Waals surface area contributed by atoms with Gasteiger partial charge in [0, 0.05) is 50.5 Å². The quantitative estimate of drug-likeness (QED) is 0.378. The van der Waals surface area contributed by atoms with E-state index in [4.69, 9.17) is 32.8 Å². The molecule has 1 rings (SSSR count). The first-order chi connectivity index (χ1) is 8.58. The van der Waals surface area contributed by atoms with Crippen molar-refractivity contribution >= 4 is 30.9 Å². The summed E-state index contributed by atoms with van der Waals surface area (Å²) in [6.45, 7) is 4.64. The predicted molar refractivity (Wildman–Crippen MR) is 74.4 cm³/mol. The SMILES string of the molecule is C[C@H](CO)CO[P@@](=O)(N(CCCl)CCCl)N1CC1. The van der Waals surface area contributed by atoms with Gasteiger partial charge in [-0.1, -0.05) is 6.92 Å². The Morgan fingerprint density at radius 3 is 2.33 bits per heavy atom. The van der Waals surface area contributed by atoms with Gasteiger partial charge in [-0.15, -0.1) is 23.2 Å². The molecule has 5 nitrogen and oxygen atoms in total. The Balaban J connectivity index is 2.67. The molecule has 0 unspecified atom stereocenters. The molecule has 108 valence electrons. The molecule has 1 aliphatic heterocycles. The van der Waals surface area contributed by atoms with Crippen LogP contribution in [0.5, 0.6) is 0 Å². The van der Waals surface area contributed by atoms with Crippen LogP contribution in [0, 0.1) is 5.92 Å². The highest BCUT2D eigenvalue weighted by Crippen LogP contribution is 2.57. The lowest BCUT2D eigenvalue weighted by atomic mass is 10.2. The van der Waals surface area contributed by atoms with E-state index in [1.807, 2.05) is 6.92 Å². The van der Waals surface area contributed by atoms with Gasteiger partial charge < -0.3 is 9.63 Å². The fourth-order valence-corrected chi connectivity index (χ4v) is 4.55. The minimum Gasteiger partial charge on any atom is -0.396 e. The second kappa shape index (κ2) is 8.05. The molecule has 18 heavy (non-hydrogen) atoms.